The molecule has 4 aromatic rings. The van der Waals surface area contributed by atoms with Gasteiger partial charge in [-0.3, -0.25) is 14.7 Å². The van der Waals surface area contributed by atoms with E-state index in [1.165, 1.54) is 11.3 Å². The van der Waals surface area contributed by atoms with E-state index in [9.17, 15) is 9.59 Å². The van der Waals surface area contributed by atoms with Crippen LogP contribution in [0.2, 0.25) is 0 Å². The van der Waals surface area contributed by atoms with Gasteiger partial charge in [0.15, 0.2) is 11.0 Å². The Hall–Kier alpha value is -3.72. The number of aromatic nitrogens is 3. The second-order valence-corrected chi connectivity index (χ2v) is 7.57. The van der Waals surface area contributed by atoms with Crippen LogP contribution in [-0.4, -0.2) is 34.3 Å². The van der Waals surface area contributed by atoms with Gasteiger partial charge in [0, 0.05) is 6.07 Å². The number of hydrogen-bond acceptors (Lipinski definition) is 7. The number of thiazole rings is 1. The van der Waals surface area contributed by atoms with Crippen LogP contribution in [0.25, 0.3) is 27.3 Å². The molecule has 0 aliphatic rings. The van der Waals surface area contributed by atoms with Crippen molar-refractivity contribution in [3.8, 4) is 22.1 Å². The van der Waals surface area contributed by atoms with Crippen LogP contribution >= 0.6 is 11.3 Å². The van der Waals surface area contributed by atoms with Gasteiger partial charge in [-0.2, -0.15) is 0 Å². The Morgan fingerprint density at radius 1 is 1.16 bits per heavy atom. The molecule has 0 saturated carbocycles. The second kappa shape index (κ2) is 8.57. The smallest absolute Gasteiger partial charge is 0.413 e. The topological polar surface area (TPSA) is 95.3 Å². The molecule has 0 bridgehead atoms. The number of aryl methyl sites for hydroxylation is 1. The highest BCUT2D eigenvalue weighted by atomic mass is 32.1. The Labute approximate surface area is 182 Å². The van der Waals surface area contributed by atoms with E-state index in [4.69, 9.17) is 14.5 Å². The third-order valence-electron chi connectivity index (χ3n) is 4.57. The van der Waals surface area contributed by atoms with Crippen molar-refractivity contribution in [2.75, 3.05) is 19.0 Å². The van der Waals surface area contributed by atoms with Gasteiger partial charge < -0.3 is 9.47 Å². The molecule has 4 rings (SSSR count). The first-order valence-corrected chi connectivity index (χ1v) is 10.4. The second-order valence-electron chi connectivity index (χ2n) is 6.57. The number of ether oxygens (including phenoxy) is 2. The number of para-hydroxylation sites is 1. The summed E-state index contributed by atoms with van der Waals surface area (Å²) in [5.74, 6) is 1.05. The van der Waals surface area contributed by atoms with Crippen LogP contribution in [-0.2, 0) is 4.74 Å². The molecule has 2 aromatic carbocycles. The summed E-state index contributed by atoms with van der Waals surface area (Å²) in [6.07, 6.45) is -0.584. The van der Waals surface area contributed by atoms with E-state index in [0.717, 1.165) is 0 Å². The van der Waals surface area contributed by atoms with Gasteiger partial charge in [-0.05, 0) is 38.1 Å². The fraction of sp³-hybridized carbons (Fsp3) is 0.182. The molecule has 0 spiro atoms. The van der Waals surface area contributed by atoms with Crippen molar-refractivity contribution in [2.24, 2.45) is 0 Å². The monoisotopic (exact) mass is 436 g/mol. The van der Waals surface area contributed by atoms with E-state index in [-0.39, 0.29) is 12.2 Å². The molecule has 0 atom stereocenters. The van der Waals surface area contributed by atoms with Crippen molar-refractivity contribution >= 4 is 33.5 Å². The van der Waals surface area contributed by atoms with Crippen molar-refractivity contribution in [3.05, 3.63) is 64.6 Å². The summed E-state index contributed by atoms with van der Waals surface area (Å²) in [7, 11) is 1.57. The Kier molecular flexibility index (Phi) is 5.68. The van der Waals surface area contributed by atoms with Crippen LogP contribution in [0.1, 0.15) is 12.6 Å². The minimum atomic E-state index is -0.584. The molecule has 2 aromatic heterocycles. The lowest BCUT2D eigenvalue weighted by Crippen LogP contribution is -2.22. The summed E-state index contributed by atoms with van der Waals surface area (Å²) in [5, 5.41) is 3.48. The molecule has 0 saturated heterocycles. The highest BCUT2D eigenvalue weighted by Gasteiger charge is 2.20. The van der Waals surface area contributed by atoms with Gasteiger partial charge >= 0.3 is 6.09 Å². The van der Waals surface area contributed by atoms with Crippen LogP contribution in [0.4, 0.5) is 9.93 Å². The maximum atomic E-state index is 13.5. The van der Waals surface area contributed by atoms with Crippen molar-refractivity contribution in [1.29, 1.82) is 0 Å². The van der Waals surface area contributed by atoms with E-state index < -0.39 is 6.09 Å². The summed E-state index contributed by atoms with van der Waals surface area (Å²) < 4.78 is 11.8. The van der Waals surface area contributed by atoms with Crippen LogP contribution in [0, 0.1) is 6.92 Å². The van der Waals surface area contributed by atoms with Crippen molar-refractivity contribution in [2.45, 2.75) is 13.8 Å². The molecule has 0 radical (unpaired) electrons. The van der Waals surface area contributed by atoms with E-state index in [0.29, 0.717) is 43.9 Å². The molecular formula is C22H20N4O4S. The van der Waals surface area contributed by atoms with E-state index >= 15 is 0 Å². The highest BCUT2D eigenvalue weighted by Crippen LogP contribution is 2.33. The maximum absolute atomic E-state index is 13.5. The normalized spacial score (nSPS) is 10.8. The Morgan fingerprint density at radius 3 is 2.74 bits per heavy atom. The van der Waals surface area contributed by atoms with Crippen LogP contribution in [0.3, 0.4) is 0 Å². The third kappa shape index (κ3) is 3.99. The number of fused-ring (bicyclic) bond motifs is 1. The zero-order chi connectivity index (χ0) is 22.0. The lowest BCUT2D eigenvalue weighted by atomic mass is 10.2. The van der Waals surface area contributed by atoms with Crippen LogP contribution < -0.4 is 15.6 Å². The summed E-state index contributed by atoms with van der Waals surface area (Å²) in [6, 6.07) is 14.4. The molecule has 1 amide bonds. The third-order valence-corrected chi connectivity index (χ3v) is 5.64. The van der Waals surface area contributed by atoms with Crippen molar-refractivity contribution in [1.82, 2.24) is 14.5 Å². The van der Waals surface area contributed by atoms with E-state index in [2.05, 4.69) is 10.3 Å². The van der Waals surface area contributed by atoms with Gasteiger partial charge in [-0.25, -0.2) is 14.8 Å². The largest absolute Gasteiger partial charge is 0.497 e. The SMILES string of the molecule is CCOC(=O)Nc1nc(C)c(-c2nc3ccccc3c(=O)n2-c2cccc(OC)c2)s1. The molecule has 0 fully saturated rings. The quantitative estimate of drug-likeness (QED) is 0.498. The number of benzene rings is 2. The molecule has 31 heavy (non-hydrogen) atoms. The average Bonchev–Trinajstić information content (AvgIpc) is 3.13. The predicted molar refractivity (Wildman–Crippen MR) is 120 cm³/mol. The lowest BCUT2D eigenvalue weighted by Gasteiger charge is -2.14. The molecule has 9 heteroatoms. The van der Waals surface area contributed by atoms with Crippen molar-refractivity contribution < 1.29 is 14.3 Å². The van der Waals surface area contributed by atoms with Crippen LogP contribution in [0.15, 0.2) is 53.3 Å². The molecule has 0 aliphatic heterocycles. The fourth-order valence-electron chi connectivity index (χ4n) is 3.19. The molecule has 2 heterocycles. The number of anilines is 1. The minimum Gasteiger partial charge on any atom is -0.497 e. The Balaban J connectivity index is 1.94. The number of nitrogens with one attached hydrogen (secondary N) is 1. The lowest BCUT2D eigenvalue weighted by molar-refractivity contribution is 0.168. The summed E-state index contributed by atoms with van der Waals surface area (Å²) in [4.78, 5) is 35.1. The average molecular weight is 436 g/mol. The van der Waals surface area contributed by atoms with Gasteiger partial charge in [0.1, 0.15) is 5.75 Å². The number of rotatable bonds is 5. The number of hydrogen-bond donors (Lipinski definition) is 1. The summed E-state index contributed by atoms with van der Waals surface area (Å²) in [6.45, 7) is 3.79. The molecule has 1 N–H and O–H groups in total. The highest BCUT2D eigenvalue weighted by molar-refractivity contribution is 7.19. The zero-order valence-electron chi connectivity index (χ0n) is 17.2. The van der Waals surface area contributed by atoms with E-state index in [1.54, 1.807) is 49.8 Å². The number of carbonyl (C=O) groups excluding carboxylic acids is 1. The van der Waals surface area contributed by atoms with Crippen LogP contribution in [0.5, 0.6) is 5.75 Å². The van der Waals surface area contributed by atoms with Gasteiger partial charge in [0.2, 0.25) is 0 Å². The summed E-state index contributed by atoms with van der Waals surface area (Å²) in [5.41, 5.74) is 1.62. The predicted octanol–water partition coefficient (Wildman–Crippen LogP) is 4.39. The number of nitrogens with zero attached hydrogens (tertiary/aromatic N) is 3. The van der Waals surface area contributed by atoms with Crippen molar-refractivity contribution in [3.63, 3.8) is 0 Å². The number of carbonyl (C=O) groups is 1. The van der Waals surface area contributed by atoms with Gasteiger partial charge in [0.05, 0.1) is 40.9 Å². The number of amides is 1. The maximum Gasteiger partial charge on any atom is 0.413 e. The zero-order valence-corrected chi connectivity index (χ0v) is 18.0. The first-order chi connectivity index (χ1) is 15.0. The first kappa shape index (κ1) is 20.5. The van der Waals surface area contributed by atoms with Gasteiger partial charge in [0.25, 0.3) is 5.56 Å². The standard InChI is InChI=1S/C22H20N4O4S/c1-4-30-22(28)25-21-23-13(2)18(31-21)19-24-17-11-6-5-10-16(17)20(27)26(19)14-8-7-9-15(12-14)29-3/h5-12H,4H2,1-3H3,(H,23,25,28). The van der Waals surface area contributed by atoms with Gasteiger partial charge in [-0.1, -0.05) is 29.5 Å². The molecule has 0 aliphatic carbocycles. The molecule has 0 unspecified atom stereocenters. The Bertz CT molecular complexity index is 1330. The van der Waals surface area contributed by atoms with Gasteiger partial charge in [-0.15, -0.1) is 0 Å². The number of methoxy groups -OCH3 is 1. The Morgan fingerprint density at radius 2 is 1.97 bits per heavy atom. The molecule has 8 nitrogen and oxygen atoms in total. The fourth-order valence-corrected chi connectivity index (χ4v) is 4.12. The molecular weight excluding hydrogens is 416 g/mol. The molecule has 158 valence electrons. The summed E-state index contributed by atoms with van der Waals surface area (Å²) >= 11 is 1.23. The first-order valence-electron chi connectivity index (χ1n) is 9.59. The minimum absolute atomic E-state index is 0.207. The van der Waals surface area contributed by atoms with E-state index in [1.807, 2.05) is 24.3 Å².